The van der Waals surface area contributed by atoms with E-state index in [9.17, 15) is 13.2 Å². The molecule has 1 heterocycles. The second-order valence-electron chi connectivity index (χ2n) is 6.80. The Morgan fingerprint density at radius 2 is 1.83 bits per heavy atom. The molecule has 0 spiro atoms. The molecular formula is C22H24ClNO5S. The van der Waals surface area contributed by atoms with Crippen LogP contribution in [0.2, 0.25) is 5.02 Å². The van der Waals surface area contributed by atoms with Crippen molar-refractivity contribution in [2.24, 2.45) is 0 Å². The summed E-state index contributed by atoms with van der Waals surface area (Å²) in [5.41, 5.74) is 1.09. The van der Waals surface area contributed by atoms with Gasteiger partial charge in [0.2, 0.25) is 10.0 Å². The highest BCUT2D eigenvalue weighted by Crippen LogP contribution is 2.36. The number of ketones is 1. The van der Waals surface area contributed by atoms with Crippen LogP contribution in [-0.2, 0) is 10.0 Å². The molecule has 1 aliphatic heterocycles. The Morgan fingerprint density at radius 3 is 2.43 bits per heavy atom. The number of hydrogen-bond acceptors (Lipinski definition) is 5. The van der Waals surface area contributed by atoms with Crippen LogP contribution >= 0.6 is 11.6 Å². The van der Waals surface area contributed by atoms with Gasteiger partial charge in [-0.3, -0.25) is 4.79 Å². The topological polar surface area (TPSA) is 72.9 Å². The summed E-state index contributed by atoms with van der Waals surface area (Å²) in [6.07, 6.45) is 4.80. The molecule has 160 valence electrons. The molecule has 0 aromatic heterocycles. The van der Waals surface area contributed by atoms with Crippen molar-refractivity contribution in [2.45, 2.75) is 24.7 Å². The van der Waals surface area contributed by atoms with Crippen LogP contribution in [-0.4, -0.2) is 45.3 Å². The van der Waals surface area contributed by atoms with E-state index in [4.69, 9.17) is 21.1 Å². The van der Waals surface area contributed by atoms with Crippen LogP contribution < -0.4 is 9.47 Å². The Morgan fingerprint density at radius 1 is 1.17 bits per heavy atom. The monoisotopic (exact) mass is 449 g/mol. The van der Waals surface area contributed by atoms with Gasteiger partial charge in [0.1, 0.15) is 0 Å². The average molecular weight is 450 g/mol. The molecule has 1 saturated heterocycles. The molecule has 2 aromatic carbocycles. The highest BCUT2D eigenvalue weighted by molar-refractivity contribution is 7.89. The number of hydrogen-bond donors (Lipinski definition) is 0. The van der Waals surface area contributed by atoms with Crippen LogP contribution in [0.5, 0.6) is 11.5 Å². The first-order valence-corrected chi connectivity index (χ1v) is 11.5. The number of carbonyl (C=O) groups is 1. The van der Waals surface area contributed by atoms with Gasteiger partial charge in [0.15, 0.2) is 17.3 Å². The van der Waals surface area contributed by atoms with Crippen molar-refractivity contribution in [3.8, 4) is 11.5 Å². The fourth-order valence-electron chi connectivity index (χ4n) is 3.28. The number of halogens is 1. The second kappa shape index (κ2) is 9.64. The summed E-state index contributed by atoms with van der Waals surface area (Å²) >= 11 is 6.23. The summed E-state index contributed by atoms with van der Waals surface area (Å²) in [6, 6.07) is 9.44. The molecule has 1 fully saturated rings. The van der Waals surface area contributed by atoms with Crippen molar-refractivity contribution in [1.82, 2.24) is 4.31 Å². The van der Waals surface area contributed by atoms with E-state index < -0.39 is 10.0 Å². The van der Waals surface area contributed by atoms with Crippen LogP contribution in [0, 0.1) is 0 Å². The standard InChI is InChI=1S/C22H24ClNO5S/c1-3-29-21-15-16(14-19(23)22(21)28-2)6-11-20(25)17-7-9-18(10-8-17)30(26,27)24-12-4-5-13-24/h6-11,14-15H,3-5,12-13H2,1-2H3/b11-6+. The van der Waals surface area contributed by atoms with E-state index in [1.165, 1.54) is 41.8 Å². The van der Waals surface area contributed by atoms with E-state index in [2.05, 4.69) is 0 Å². The van der Waals surface area contributed by atoms with Crippen LogP contribution in [0.4, 0.5) is 0 Å². The maximum absolute atomic E-state index is 12.6. The third kappa shape index (κ3) is 4.86. The highest BCUT2D eigenvalue weighted by Gasteiger charge is 2.27. The predicted molar refractivity (Wildman–Crippen MR) is 117 cm³/mol. The molecule has 0 amide bonds. The van der Waals surface area contributed by atoms with Crippen molar-refractivity contribution in [3.05, 3.63) is 58.6 Å². The molecule has 0 saturated carbocycles. The van der Waals surface area contributed by atoms with Crippen LogP contribution in [0.15, 0.2) is 47.4 Å². The largest absolute Gasteiger partial charge is 0.491 e. The molecule has 0 bridgehead atoms. The van der Waals surface area contributed by atoms with Crippen molar-refractivity contribution in [2.75, 3.05) is 26.8 Å². The lowest BCUT2D eigenvalue weighted by Gasteiger charge is -2.15. The quantitative estimate of drug-likeness (QED) is 0.440. The lowest BCUT2D eigenvalue weighted by Crippen LogP contribution is -2.27. The van der Waals surface area contributed by atoms with E-state index in [0.29, 0.717) is 47.3 Å². The Bertz CT molecular complexity index is 1040. The number of ether oxygens (including phenoxy) is 2. The van der Waals surface area contributed by atoms with Crippen molar-refractivity contribution in [1.29, 1.82) is 0 Å². The van der Waals surface area contributed by atoms with Gasteiger partial charge < -0.3 is 9.47 Å². The van der Waals surface area contributed by atoms with Crippen LogP contribution in [0.25, 0.3) is 6.08 Å². The molecule has 0 atom stereocenters. The third-order valence-electron chi connectivity index (χ3n) is 4.80. The number of methoxy groups -OCH3 is 1. The summed E-state index contributed by atoms with van der Waals surface area (Å²) in [5, 5.41) is 0.382. The van der Waals surface area contributed by atoms with Gasteiger partial charge >= 0.3 is 0 Å². The van der Waals surface area contributed by atoms with E-state index in [1.807, 2.05) is 6.92 Å². The Labute approximate surface area is 182 Å². The molecule has 0 radical (unpaired) electrons. The first-order valence-electron chi connectivity index (χ1n) is 9.69. The van der Waals surface area contributed by atoms with E-state index in [0.717, 1.165) is 12.8 Å². The SMILES string of the molecule is CCOc1cc(/C=C/C(=O)c2ccc(S(=O)(=O)N3CCCC3)cc2)cc(Cl)c1OC. The zero-order valence-electron chi connectivity index (χ0n) is 16.9. The number of allylic oxidation sites excluding steroid dienone is 1. The molecule has 6 nitrogen and oxygen atoms in total. The Hall–Kier alpha value is -2.35. The number of carbonyl (C=O) groups excluding carboxylic acids is 1. The zero-order valence-corrected chi connectivity index (χ0v) is 18.5. The highest BCUT2D eigenvalue weighted by atomic mass is 35.5. The minimum Gasteiger partial charge on any atom is -0.491 e. The first kappa shape index (κ1) is 22.3. The second-order valence-corrected chi connectivity index (χ2v) is 9.15. The number of rotatable bonds is 8. The van der Waals surface area contributed by atoms with Gasteiger partial charge in [-0.05, 0) is 67.8 Å². The molecule has 3 rings (SSSR count). The molecule has 0 unspecified atom stereocenters. The summed E-state index contributed by atoms with van der Waals surface area (Å²) in [4.78, 5) is 12.7. The number of benzene rings is 2. The molecule has 30 heavy (non-hydrogen) atoms. The third-order valence-corrected chi connectivity index (χ3v) is 7.00. The van der Waals surface area contributed by atoms with Gasteiger partial charge in [0, 0.05) is 18.7 Å². The normalized spacial score (nSPS) is 14.9. The van der Waals surface area contributed by atoms with Crippen molar-refractivity contribution >= 4 is 33.5 Å². The van der Waals surface area contributed by atoms with Gasteiger partial charge in [-0.25, -0.2) is 8.42 Å². The number of sulfonamides is 1. The fraction of sp³-hybridized carbons (Fsp3) is 0.318. The molecular weight excluding hydrogens is 426 g/mol. The van der Waals surface area contributed by atoms with Crippen molar-refractivity contribution in [3.63, 3.8) is 0 Å². The summed E-state index contributed by atoms with van der Waals surface area (Å²) in [5.74, 6) is 0.692. The van der Waals surface area contributed by atoms with Gasteiger partial charge in [0.05, 0.1) is 23.6 Å². The predicted octanol–water partition coefficient (Wildman–Crippen LogP) is 4.43. The van der Waals surface area contributed by atoms with Crippen molar-refractivity contribution < 1.29 is 22.7 Å². The Balaban J connectivity index is 1.77. The number of nitrogens with zero attached hydrogens (tertiary/aromatic N) is 1. The van der Waals surface area contributed by atoms with E-state index >= 15 is 0 Å². The molecule has 1 aliphatic rings. The van der Waals surface area contributed by atoms with Gasteiger partial charge in [0.25, 0.3) is 0 Å². The van der Waals surface area contributed by atoms with E-state index in [-0.39, 0.29) is 10.7 Å². The van der Waals surface area contributed by atoms with Gasteiger partial charge in [-0.1, -0.05) is 17.7 Å². The summed E-state index contributed by atoms with van der Waals surface area (Å²) < 4.78 is 37.4. The fourth-order valence-corrected chi connectivity index (χ4v) is 5.10. The Kier molecular flexibility index (Phi) is 7.18. The lowest BCUT2D eigenvalue weighted by atomic mass is 10.1. The van der Waals surface area contributed by atoms with Crippen LogP contribution in [0.1, 0.15) is 35.7 Å². The molecule has 0 N–H and O–H groups in total. The molecule has 0 aliphatic carbocycles. The first-order chi connectivity index (χ1) is 14.4. The van der Waals surface area contributed by atoms with Gasteiger partial charge in [-0.2, -0.15) is 4.31 Å². The minimum atomic E-state index is -3.49. The summed E-state index contributed by atoms with van der Waals surface area (Å²) in [7, 11) is -1.98. The van der Waals surface area contributed by atoms with Crippen LogP contribution in [0.3, 0.4) is 0 Å². The minimum absolute atomic E-state index is 0.202. The maximum atomic E-state index is 12.6. The maximum Gasteiger partial charge on any atom is 0.243 e. The molecule has 2 aromatic rings. The summed E-state index contributed by atoms with van der Waals surface area (Å²) in [6.45, 7) is 3.39. The molecule has 8 heteroatoms. The lowest BCUT2D eigenvalue weighted by molar-refractivity contribution is 0.104. The zero-order chi connectivity index (χ0) is 21.7. The smallest absolute Gasteiger partial charge is 0.243 e. The van der Waals surface area contributed by atoms with Gasteiger partial charge in [-0.15, -0.1) is 0 Å². The average Bonchev–Trinajstić information content (AvgIpc) is 3.28. The van der Waals surface area contributed by atoms with E-state index in [1.54, 1.807) is 18.2 Å².